The molecule has 0 fully saturated rings. The Bertz CT molecular complexity index is 2650. The Balaban J connectivity index is 1.11. The van der Waals surface area contributed by atoms with Crippen molar-refractivity contribution in [1.82, 2.24) is 4.98 Å². The standard InChI is InChI=1S/C47H30N2S/c1-4-13-31(14-5-1)32-23-25-35(26-24-32)49(34-17-8-3-9-18-34)43-30-29-37(36-19-10-11-20-39(36)43)38-27-28-41-44-40(38)21-12-22-42(44)46-45(41)48-47(50-46)33-15-6-2-7-16-33/h1-30H. The number of hydrogen-bond donors (Lipinski definition) is 0. The first kappa shape index (κ1) is 28.7. The van der Waals surface area contributed by atoms with Crippen molar-refractivity contribution in [3.63, 3.8) is 0 Å². The van der Waals surface area contributed by atoms with Crippen molar-refractivity contribution in [3.05, 3.63) is 182 Å². The maximum absolute atomic E-state index is 5.18. The molecule has 50 heavy (non-hydrogen) atoms. The fourth-order valence-electron chi connectivity index (χ4n) is 7.57. The summed E-state index contributed by atoms with van der Waals surface area (Å²) < 4.78 is 0. The van der Waals surface area contributed by atoms with E-state index in [0.717, 1.165) is 27.8 Å². The largest absolute Gasteiger partial charge is 0.310 e. The maximum atomic E-state index is 5.18. The number of benzene rings is 8. The molecule has 0 amide bonds. The molecule has 0 spiro atoms. The molecule has 0 atom stereocenters. The van der Waals surface area contributed by atoms with E-state index >= 15 is 0 Å². The monoisotopic (exact) mass is 654 g/mol. The fourth-order valence-corrected chi connectivity index (χ4v) is 8.68. The molecule has 1 aromatic heterocycles. The van der Waals surface area contributed by atoms with Gasteiger partial charge in [-0.3, -0.25) is 0 Å². The zero-order valence-corrected chi connectivity index (χ0v) is 27.9. The number of rotatable bonds is 6. The molecule has 0 saturated carbocycles. The van der Waals surface area contributed by atoms with E-state index in [1.807, 2.05) is 0 Å². The predicted octanol–water partition coefficient (Wildman–Crippen LogP) is 13.6. The molecule has 0 aliphatic heterocycles. The molecule has 1 aliphatic rings. The van der Waals surface area contributed by atoms with Gasteiger partial charge in [0.2, 0.25) is 0 Å². The summed E-state index contributed by atoms with van der Waals surface area (Å²) in [5.74, 6) is 0. The van der Waals surface area contributed by atoms with Crippen LogP contribution in [-0.4, -0.2) is 4.98 Å². The Kier molecular flexibility index (Phi) is 6.71. The van der Waals surface area contributed by atoms with Crippen LogP contribution >= 0.6 is 11.3 Å². The van der Waals surface area contributed by atoms with Gasteiger partial charge in [0, 0.05) is 38.8 Å². The van der Waals surface area contributed by atoms with E-state index in [-0.39, 0.29) is 0 Å². The van der Waals surface area contributed by atoms with Crippen LogP contribution in [0.1, 0.15) is 0 Å². The lowest BCUT2D eigenvalue weighted by atomic mass is 9.91. The smallest absolute Gasteiger partial charge is 0.124 e. The summed E-state index contributed by atoms with van der Waals surface area (Å²) in [7, 11) is 0. The number of fused-ring (bicyclic) bond motifs is 4. The van der Waals surface area contributed by atoms with Gasteiger partial charge in [-0.1, -0.05) is 152 Å². The number of nitrogens with zero attached hydrogens (tertiary/aromatic N) is 2. The molecule has 9 aromatic rings. The molecule has 234 valence electrons. The Morgan fingerprint density at radius 3 is 1.70 bits per heavy atom. The molecule has 0 N–H and O–H groups in total. The second-order valence-corrected chi connectivity index (χ2v) is 13.7. The number of para-hydroxylation sites is 1. The fraction of sp³-hybridized carbons (Fsp3) is 0. The third-order valence-corrected chi connectivity index (χ3v) is 11.0. The highest BCUT2D eigenvalue weighted by atomic mass is 32.1. The second kappa shape index (κ2) is 11.7. The van der Waals surface area contributed by atoms with E-state index in [2.05, 4.69) is 187 Å². The zero-order chi connectivity index (χ0) is 33.0. The van der Waals surface area contributed by atoms with Crippen LogP contribution in [0.15, 0.2) is 182 Å². The summed E-state index contributed by atoms with van der Waals surface area (Å²) in [4.78, 5) is 8.82. The molecule has 0 saturated heterocycles. The lowest BCUT2D eigenvalue weighted by Gasteiger charge is -2.28. The molecule has 1 aliphatic carbocycles. The Morgan fingerprint density at radius 2 is 0.940 bits per heavy atom. The molecule has 3 heteroatoms. The molecule has 0 bridgehead atoms. The van der Waals surface area contributed by atoms with Crippen LogP contribution < -0.4 is 4.90 Å². The highest BCUT2D eigenvalue weighted by Crippen LogP contribution is 2.53. The molecule has 0 radical (unpaired) electrons. The quantitative estimate of drug-likeness (QED) is 0.177. The lowest BCUT2D eigenvalue weighted by molar-refractivity contribution is 1.30. The van der Waals surface area contributed by atoms with Gasteiger partial charge >= 0.3 is 0 Å². The van der Waals surface area contributed by atoms with Crippen molar-refractivity contribution in [2.75, 3.05) is 4.90 Å². The normalized spacial score (nSPS) is 11.6. The molecule has 8 aromatic carbocycles. The van der Waals surface area contributed by atoms with E-state index in [1.54, 1.807) is 11.3 Å². The molecule has 10 rings (SSSR count). The van der Waals surface area contributed by atoms with Gasteiger partial charge in [-0.15, -0.1) is 11.3 Å². The summed E-state index contributed by atoms with van der Waals surface area (Å²) in [5, 5.41) is 6.07. The van der Waals surface area contributed by atoms with Crippen LogP contribution in [0, 0.1) is 0 Å². The number of hydrogen-bond acceptors (Lipinski definition) is 3. The van der Waals surface area contributed by atoms with Crippen LogP contribution in [0.4, 0.5) is 17.1 Å². The molecule has 0 unspecified atom stereocenters. The Morgan fingerprint density at radius 1 is 0.380 bits per heavy atom. The van der Waals surface area contributed by atoms with E-state index in [4.69, 9.17) is 4.98 Å². The van der Waals surface area contributed by atoms with Crippen molar-refractivity contribution in [2.45, 2.75) is 0 Å². The minimum Gasteiger partial charge on any atom is -0.310 e. The summed E-state index contributed by atoms with van der Waals surface area (Å²) in [6, 6.07) is 65.4. The molecular weight excluding hydrogens is 625 g/mol. The summed E-state index contributed by atoms with van der Waals surface area (Å²) in [5.41, 5.74) is 13.1. The minimum atomic E-state index is 1.07. The Hall–Kier alpha value is -6.29. The summed E-state index contributed by atoms with van der Waals surface area (Å²) in [6.07, 6.45) is 0. The van der Waals surface area contributed by atoms with Gasteiger partial charge in [0.05, 0.1) is 16.3 Å². The highest BCUT2D eigenvalue weighted by Gasteiger charge is 2.28. The first-order chi connectivity index (χ1) is 24.8. The first-order valence-corrected chi connectivity index (χ1v) is 17.8. The van der Waals surface area contributed by atoms with Crippen LogP contribution in [0.5, 0.6) is 0 Å². The zero-order valence-electron chi connectivity index (χ0n) is 27.1. The van der Waals surface area contributed by atoms with Gasteiger partial charge in [-0.05, 0) is 63.4 Å². The highest BCUT2D eigenvalue weighted by molar-refractivity contribution is 7.19. The van der Waals surface area contributed by atoms with E-state index in [0.29, 0.717) is 0 Å². The predicted molar refractivity (Wildman–Crippen MR) is 213 cm³/mol. The minimum absolute atomic E-state index is 1.07. The third kappa shape index (κ3) is 4.59. The topological polar surface area (TPSA) is 16.1 Å². The van der Waals surface area contributed by atoms with Crippen molar-refractivity contribution in [1.29, 1.82) is 0 Å². The van der Waals surface area contributed by atoms with Crippen molar-refractivity contribution >= 4 is 49.9 Å². The molecule has 1 heterocycles. The van der Waals surface area contributed by atoms with Crippen LogP contribution in [0.2, 0.25) is 0 Å². The maximum Gasteiger partial charge on any atom is 0.124 e. The van der Waals surface area contributed by atoms with Gasteiger partial charge in [-0.25, -0.2) is 4.98 Å². The molecular formula is C47H30N2S. The summed E-state index contributed by atoms with van der Waals surface area (Å²) in [6.45, 7) is 0. The first-order valence-electron chi connectivity index (χ1n) is 17.0. The Labute approximate surface area is 295 Å². The SMILES string of the molecule is c1ccc(-c2ccc(N(c3ccccc3)c3ccc(-c4ccc5c6c(cccc46)-c4sc(-c6ccccc6)nc4-5)c4ccccc34)cc2)cc1. The van der Waals surface area contributed by atoms with Gasteiger partial charge < -0.3 is 4.90 Å². The third-order valence-electron chi connectivity index (χ3n) is 9.87. The van der Waals surface area contributed by atoms with Crippen molar-refractivity contribution < 1.29 is 0 Å². The summed E-state index contributed by atoms with van der Waals surface area (Å²) >= 11 is 1.79. The number of aromatic nitrogens is 1. The van der Waals surface area contributed by atoms with E-state index < -0.39 is 0 Å². The molecule has 2 nitrogen and oxygen atoms in total. The number of thiazole rings is 1. The van der Waals surface area contributed by atoms with E-state index in [9.17, 15) is 0 Å². The van der Waals surface area contributed by atoms with Crippen LogP contribution in [-0.2, 0) is 0 Å². The van der Waals surface area contributed by atoms with Crippen molar-refractivity contribution in [2.24, 2.45) is 0 Å². The lowest BCUT2D eigenvalue weighted by Crippen LogP contribution is -2.10. The van der Waals surface area contributed by atoms with Gasteiger partial charge in [0.1, 0.15) is 5.01 Å². The number of anilines is 3. The van der Waals surface area contributed by atoms with Crippen LogP contribution in [0.3, 0.4) is 0 Å². The average Bonchev–Trinajstić information content (AvgIpc) is 3.76. The van der Waals surface area contributed by atoms with Gasteiger partial charge in [0.15, 0.2) is 0 Å². The van der Waals surface area contributed by atoms with Gasteiger partial charge in [-0.2, -0.15) is 0 Å². The second-order valence-electron chi connectivity index (χ2n) is 12.7. The van der Waals surface area contributed by atoms with Gasteiger partial charge in [0.25, 0.3) is 0 Å². The average molecular weight is 655 g/mol. The van der Waals surface area contributed by atoms with Crippen molar-refractivity contribution in [3.8, 4) is 54.5 Å². The van der Waals surface area contributed by atoms with Crippen LogP contribution in [0.25, 0.3) is 76.1 Å². The van der Waals surface area contributed by atoms with E-state index in [1.165, 1.54) is 65.4 Å².